The van der Waals surface area contributed by atoms with Crippen LogP contribution in [0.15, 0.2) is 0 Å². The monoisotopic (exact) mass is 190 g/mol. The van der Waals surface area contributed by atoms with Crippen LogP contribution in [0.2, 0.25) is 0 Å². The molecule has 0 unspecified atom stereocenters. The lowest BCUT2D eigenvalue weighted by Crippen LogP contribution is -2.50. The molecule has 0 amide bonds. The molecule has 2 aliphatic heterocycles. The average molecular weight is 190 g/mol. The smallest absolute Gasteiger partial charge is 0.173 e. The third-order valence-electron chi connectivity index (χ3n) is 7.17. The molecule has 2 heterocycles. The summed E-state index contributed by atoms with van der Waals surface area (Å²) in [5.74, 6) is 5.57. The van der Waals surface area contributed by atoms with Crippen LogP contribution >= 0.6 is 0 Å². The SMILES string of the molecule is C[C@@]12O[C@@]3(O)[C@@H]4[C@H]5C[C@@H]([C@@H]6[C@@H]5[C@@H]3[C@H]61)[C@@H]42. The van der Waals surface area contributed by atoms with Crippen molar-refractivity contribution in [2.75, 3.05) is 0 Å². The molecule has 0 aromatic rings. The highest BCUT2D eigenvalue weighted by atomic mass is 16.7. The summed E-state index contributed by atoms with van der Waals surface area (Å²) in [6, 6.07) is 0. The molecule has 10 atom stereocenters. The summed E-state index contributed by atoms with van der Waals surface area (Å²) in [6.07, 6.45) is 1.43. The van der Waals surface area contributed by atoms with Crippen LogP contribution in [0.25, 0.3) is 0 Å². The van der Waals surface area contributed by atoms with Crippen molar-refractivity contribution >= 4 is 0 Å². The van der Waals surface area contributed by atoms with Gasteiger partial charge in [0.05, 0.1) is 5.60 Å². The van der Waals surface area contributed by atoms with Crippen molar-refractivity contribution in [3.63, 3.8) is 0 Å². The van der Waals surface area contributed by atoms with E-state index in [1.165, 1.54) is 6.42 Å². The number of hydrogen-bond donors (Lipinski definition) is 1. The first-order chi connectivity index (χ1) is 6.68. The van der Waals surface area contributed by atoms with Crippen molar-refractivity contribution in [1.29, 1.82) is 0 Å². The summed E-state index contributed by atoms with van der Waals surface area (Å²) < 4.78 is 6.10. The van der Waals surface area contributed by atoms with Crippen LogP contribution in [-0.2, 0) is 4.74 Å². The van der Waals surface area contributed by atoms with Gasteiger partial charge in [-0.1, -0.05) is 0 Å². The Hall–Kier alpha value is -0.0800. The first-order valence-corrected chi connectivity index (χ1v) is 6.10. The van der Waals surface area contributed by atoms with E-state index in [0.717, 1.165) is 35.5 Å². The molecule has 0 spiro atoms. The summed E-state index contributed by atoms with van der Waals surface area (Å²) in [7, 11) is 0. The summed E-state index contributed by atoms with van der Waals surface area (Å²) >= 11 is 0. The number of ether oxygens (including phenoxy) is 1. The van der Waals surface area contributed by atoms with Crippen LogP contribution < -0.4 is 0 Å². The number of rotatable bonds is 0. The van der Waals surface area contributed by atoms with Crippen molar-refractivity contribution in [1.82, 2.24) is 0 Å². The second kappa shape index (κ2) is 1.28. The van der Waals surface area contributed by atoms with Crippen LogP contribution in [0.5, 0.6) is 0 Å². The summed E-state index contributed by atoms with van der Waals surface area (Å²) in [4.78, 5) is 0. The Morgan fingerprint density at radius 3 is 2.64 bits per heavy atom. The molecule has 5 saturated carbocycles. The molecular formula is C12H14O2. The fourth-order valence-corrected chi connectivity index (χ4v) is 7.54. The predicted molar refractivity (Wildman–Crippen MR) is 47.0 cm³/mol. The van der Waals surface area contributed by atoms with Crippen molar-refractivity contribution in [3.05, 3.63) is 0 Å². The van der Waals surface area contributed by atoms with Crippen LogP contribution in [0.4, 0.5) is 0 Å². The lowest BCUT2D eigenvalue weighted by molar-refractivity contribution is -0.208. The van der Waals surface area contributed by atoms with Gasteiger partial charge in [-0.2, -0.15) is 0 Å². The average Bonchev–Trinajstić information content (AvgIpc) is 2.60. The Bertz CT molecular complexity index is 367. The van der Waals surface area contributed by atoms with Gasteiger partial charge in [-0.3, -0.25) is 0 Å². The van der Waals surface area contributed by atoms with E-state index in [4.69, 9.17) is 4.74 Å². The molecule has 1 N–H and O–H groups in total. The first kappa shape index (κ1) is 6.49. The topological polar surface area (TPSA) is 29.5 Å². The van der Waals surface area contributed by atoms with E-state index in [-0.39, 0.29) is 5.60 Å². The van der Waals surface area contributed by atoms with E-state index < -0.39 is 5.79 Å². The first-order valence-electron chi connectivity index (χ1n) is 6.10. The lowest BCUT2D eigenvalue weighted by atomic mass is 9.57. The zero-order valence-electron chi connectivity index (χ0n) is 8.18. The van der Waals surface area contributed by atoms with Crippen molar-refractivity contribution in [3.8, 4) is 0 Å². The van der Waals surface area contributed by atoms with Crippen molar-refractivity contribution in [2.24, 2.45) is 47.3 Å². The quantitative estimate of drug-likeness (QED) is 0.613. The Morgan fingerprint density at radius 1 is 1.07 bits per heavy atom. The van der Waals surface area contributed by atoms with Gasteiger partial charge in [0.1, 0.15) is 0 Å². The van der Waals surface area contributed by atoms with Crippen LogP contribution in [0, 0.1) is 47.3 Å². The van der Waals surface area contributed by atoms with E-state index in [9.17, 15) is 5.11 Å². The van der Waals surface area contributed by atoms with E-state index in [1.54, 1.807) is 0 Å². The van der Waals surface area contributed by atoms with Gasteiger partial charge >= 0.3 is 0 Å². The standard InChI is InChI=1S/C12H14O2/c1-11-7-3-2-4-6-5(3)9(11)10(6)12(13,14-11)8(4)7/h3-10,13H,2H2,1H3/t3-,4-,5+,6+,7-,8+,9-,10+,11-,12-/m0/s1. The van der Waals surface area contributed by atoms with Crippen molar-refractivity contribution < 1.29 is 9.84 Å². The van der Waals surface area contributed by atoms with E-state index in [1.807, 2.05) is 0 Å². The van der Waals surface area contributed by atoms with E-state index in [0.29, 0.717) is 11.8 Å². The van der Waals surface area contributed by atoms with Crippen LogP contribution in [0.1, 0.15) is 13.3 Å². The highest BCUT2D eigenvalue weighted by Crippen LogP contribution is 2.92. The second-order valence-corrected chi connectivity index (χ2v) is 6.86. The highest BCUT2D eigenvalue weighted by molar-refractivity contribution is 5.40. The molecule has 7 rings (SSSR count). The largest absolute Gasteiger partial charge is 0.365 e. The van der Waals surface area contributed by atoms with Gasteiger partial charge < -0.3 is 9.84 Å². The fourth-order valence-electron chi connectivity index (χ4n) is 7.54. The maximum atomic E-state index is 10.7. The molecule has 14 heavy (non-hydrogen) atoms. The normalized spacial score (nSPS) is 93.0. The summed E-state index contributed by atoms with van der Waals surface area (Å²) in [6.45, 7) is 2.30. The maximum absolute atomic E-state index is 10.7. The molecule has 0 aromatic heterocycles. The van der Waals surface area contributed by atoms with E-state index >= 15 is 0 Å². The highest BCUT2D eigenvalue weighted by Gasteiger charge is 2.96. The zero-order chi connectivity index (χ0) is 9.03. The minimum atomic E-state index is -0.652. The lowest BCUT2D eigenvalue weighted by Gasteiger charge is -2.45. The fraction of sp³-hybridized carbons (Fsp3) is 1.00. The second-order valence-electron chi connectivity index (χ2n) is 6.86. The third-order valence-corrected chi connectivity index (χ3v) is 7.17. The zero-order valence-corrected chi connectivity index (χ0v) is 8.18. The van der Waals surface area contributed by atoms with Crippen molar-refractivity contribution in [2.45, 2.75) is 24.7 Å². The van der Waals surface area contributed by atoms with Gasteiger partial charge in [0, 0.05) is 11.8 Å². The minimum absolute atomic E-state index is 0.0984. The molecule has 7 fully saturated rings. The summed E-state index contributed by atoms with van der Waals surface area (Å²) in [5.41, 5.74) is 0.0984. The molecule has 0 radical (unpaired) electrons. The Balaban J connectivity index is 1.83. The molecule has 5 aliphatic carbocycles. The molecular weight excluding hydrogens is 176 g/mol. The molecule has 2 saturated heterocycles. The van der Waals surface area contributed by atoms with Gasteiger partial charge in [0.2, 0.25) is 0 Å². The van der Waals surface area contributed by atoms with Crippen LogP contribution in [0.3, 0.4) is 0 Å². The maximum Gasteiger partial charge on any atom is 0.173 e. The van der Waals surface area contributed by atoms with Gasteiger partial charge in [-0.05, 0) is 48.9 Å². The van der Waals surface area contributed by atoms with Gasteiger partial charge in [0.25, 0.3) is 0 Å². The molecule has 0 aromatic carbocycles. The predicted octanol–water partition coefficient (Wildman–Crippen LogP) is 0.852. The Kier molecular flexibility index (Phi) is 0.592. The molecule has 2 heteroatoms. The Labute approximate surface area is 82.6 Å². The molecule has 4 bridgehead atoms. The number of aliphatic hydroxyl groups is 1. The van der Waals surface area contributed by atoms with Crippen LogP contribution in [-0.4, -0.2) is 16.5 Å². The molecule has 74 valence electrons. The van der Waals surface area contributed by atoms with E-state index in [2.05, 4.69) is 6.92 Å². The van der Waals surface area contributed by atoms with Gasteiger partial charge in [-0.25, -0.2) is 0 Å². The minimum Gasteiger partial charge on any atom is -0.365 e. The van der Waals surface area contributed by atoms with Gasteiger partial charge in [-0.15, -0.1) is 0 Å². The Morgan fingerprint density at radius 2 is 1.79 bits per heavy atom. The van der Waals surface area contributed by atoms with Gasteiger partial charge in [0.15, 0.2) is 5.79 Å². The molecule has 7 aliphatic rings. The molecule has 2 nitrogen and oxygen atoms in total. The third kappa shape index (κ3) is 0.291. The number of hydrogen-bond acceptors (Lipinski definition) is 2. The summed E-state index contributed by atoms with van der Waals surface area (Å²) in [5, 5.41) is 10.7.